The van der Waals surface area contributed by atoms with Gasteiger partial charge in [0.25, 0.3) is 5.91 Å². The minimum Gasteiger partial charge on any atom is -0.305 e. The van der Waals surface area contributed by atoms with Crippen LogP contribution in [0.4, 0.5) is 4.79 Å². The molecular weight excluding hydrogens is 340 g/mol. The molecule has 0 atom stereocenters. The van der Waals surface area contributed by atoms with Crippen molar-refractivity contribution in [3.63, 3.8) is 0 Å². The predicted octanol–water partition coefficient (Wildman–Crippen LogP) is 2.51. The van der Waals surface area contributed by atoms with Gasteiger partial charge in [-0.05, 0) is 36.1 Å². The summed E-state index contributed by atoms with van der Waals surface area (Å²) in [6.45, 7) is 2.90. The van der Waals surface area contributed by atoms with Crippen molar-refractivity contribution in [2.45, 2.75) is 31.5 Å². The van der Waals surface area contributed by atoms with Gasteiger partial charge in [-0.2, -0.15) is 0 Å². The van der Waals surface area contributed by atoms with Gasteiger partial charge < -0.3 is 4.90 Å². The van der Waals surface area contributed by atoms with E-state index in [2.05, 4.69) is 9.88 Å². The average molecular weight is 364 g/mol. The summed E-state index contributed by atoms with van der Waals surface area (Å²) < 4.78 is 0. The van der Waals surface area contributed by atoms with Crippen LogP contribution in [0.1, 0.15) is 24.0 Å². The van der Waals surface area contributed by atoms with E-state index in [4.69, 9.17) is 0 Å². The number of amides is 3. The number of aromatic nitrogens is 1. The minimum absolute atomic E-state index is 0.0630. The number of likely N-dealkylation sites (N-methyl/N-ethyl adjacent to an activating group) is 1. The third kappa shape index (κ3) is 3.21. The molecule has 140 valence electrons. The number of carbonyl (C=O) groups excluding carboxylic acids is 2. The van der Waals surface area contributed by atoms with Gasteiger partial charge in [-0.1, -0.05) is 30.3 Å². The number of rotatable bonds is 4. The number of carbonyl (C=O) groups is 2. The van der Waals surface area contributed by atoms with E-state index < -0.39 is 5.54 Å². The molecule has 6 nitrogen and oxygen atoms in total. The van der Waals surface area contributed by atoms with Gasteiger partial charge in [-0.3, -0.25) is 19.6 Å². The van der Waals surface area contributed by atoms with E-state index in [1.807, 2.05) is 42.5 Å². The average Bonchev–Trinajstić information content (AvgIpc) is 2.88. The molecule has 0 bridgehead atoms. The summed E-state index contributed by atoms with van der Waals surface area (Å²) in [7, 11) is 1.60. The van der Waals surface area contributed by atoms with E-state index in [0.29, 0.717) is 19.4 Å². The van der Waals surface area contributed by atoms with Gasteiger partial charge >= 0.3 is 6.03 Å². The van der Waals surface area contributed by atoms with Crippen molar-refractivity contribution in [2.75, 3.05) is 20.1 Å². The van der Waals surface area contributed by atoms with Crippen LogP contribution in [-0.4, -0.2) is 57.3 Å². The third-order valence-corrected chi connectivity index (χ3v) is 5.76. The fraction of sp³-hybridized carbons (Fsp3) is 0.381. The number of benzene rings is 1. The number of hydrogen-bond donors (Lipinski definition) is 0. The Labute approximate surface area is 159 Å². The first-order valence-corrected chi connectivity index (χ1v) is 9.35. The second-order valence-electron chi connectivity index (χ2n) is 7.38. The highest BCUT2D eigenvalue weighted by Gasteiger charge is 2.56. The van der Waals surface area contributed by atoms with E-state index in [9.17, 15) is 9.59 Å². The Morgan fingerprint density at radius 2 is 1.56 bits per heavy atom. The highest BCUT2D eigenvalue weighted by molar-refractivity contribution is 6.06. The van der Waals surface area contributed by atoms with Crippen LogP contribution in [0.2, 0.25) is 0 Å². The maximum absolute atomic E-state index is 13.0. The fourth-order valence-corrected chi connectivity index (χ4v) is 4.17. The number of hydrogen-bond acceptors (Lipinski definition) is 4. The molecule has 2 saturated heterocycles. The zero-order valence-electron chi connectivity index (χ0n) is 15.5. The standard InChI is InChI=1S/C21H24N4O2/c1-23-19(26)21(25(20(23)27)16-17-5-3-2-4-6-17)9-13-24(14-10-21)15-18-7-11-22-12-8-18/h2-8,11-12H,9-10,13-16H2,1H3. The normalized spacial score (nSPS) is 19.9. The first kappa shape index (κ1) is 17.7. The molecule has 1 aromatic carbocycles. The second kappa shape index (κ2) is 7.12. The Kier molecular flexibility index (Phi) is 4.66. The Morgan fingerprint density at radius 3 is 2.22 bits per heavy atom. The summed E-state index contributed by atoms with van der Waals surface area (Å²) >= 11 is 0. The summed E-state index contributed by atoms with van der Waals surface area (Å²) in [6, 6.07) is 13.7. The Hall–Kier alpha value is -2.73. The van der Waals surface area contributed by atoms with Crippen molar-refractivity contribution in [1.82, 2.24) is 19.7 Å². The monoisotopic (exact) mass is 364 g/mol. The zero-order valence-corrected chi connectivity index (χ0v) is 15.5. The van der Waals surface area contributed by atoms with Crippen LogP contribution in [0.15, 0.2) is 54.9 Å². The molecule has 3 amide bonds. The van der Waals surface area contributed by atoms with Crippen molar-refractivity contribution in [3.8, 4) is 0 Å². The molecule has 2 aliphatic heterocycles. The van der Waals surface area contributed by atoms with Crippen LogP contribution in [-0.2, 0) is 17.9 Å². The number of pyridine rings is 1. The van der Waals surface area contributed by atoms with Crippen LogP contribution >= 0.6 is 0 Å². The summed E-state index contributed by atoms with van der Waals surface area (Å²) in [4.78, 5) is 35.3. The Morgan fingerprint density at radius 1 is 0.926 bits per heavy atom. The fourth-order valence-electron chi connectivity index (χ4n) is 4.17. The SMILES string of the molecule is CN1C(=O)N(Cc2ccccc2)C2(CCN(Cc3ccncc3)CC2)C1=O. The molecule has 0 aliphatic carbocycles. The highest BCUT2D eigenvalue weighted by Crippen LogP contribution is 2.38. The maximum Gasteiger partial charge on any atom is 0.327 e. The molecule has 2 aliphatic rings. The smallest absolute Gasteiger partial charge is 0.305 e. The molecule has 0 N–H and O–H groups in total. The molecule has 6 heteroatoms. The van der Waals surface area contributed by atoms with Gasteiger partial charge in [0.1, 0.15) is 5.54 Å². The zero-order chi connectivity index (χ0) is 18.9. The lowest BCUT2D eigenvalue weighted by Crippen LogP contribution is -2.56. The van der Waals surface area contributed by atoms with Crippen molar-refractivity contribution >= 4 is 11.9 Å². The van der Waals surface area contributed by atoms with Crippen molar-refractivity contribution in [2.24, 2.45) is 0 Å². The van der Waals surface area contributed by atoms with Crippen LogP contribution in [0.3, 0.4) is 0 Å². The quantitative estimate of drug-likeness (QED) is 0.783. The number of piperidine rings is 1. The first-order valence-electron chi connectivity index (χ1n) is 9.35. The van der Waals surface area contributed by atoms with Gasteiger partial charge in [0.05, 0.1) is 0 Å². The number of likely N-dealkylation sites (tertiary alicyclic amines) is 1. The van der Waals surface area contributed by atoms with Crippen LogP contribution < -0.4 is 0 Å². The van der Waals surface area contributed by atoms with Crippen LogP contribution in [0.25, 0.3) is 0 Å². The molecule has 4 rings (SSSR count). The van der Waals surface area contributed by atoms with E-state index in [1.54, 1.807) is 24.3 Å². The molecule has 3 heterocycles. The van der Waals surface area contributed by atoms with Gasteiger partial charge in [-0.25, -0.2) is 4.79 Å². The van der Waals surface area contributed by atoms with E-state index in [1.165, 1.54) is 10.5 Å². The molecule has 0 unspecified atom stereocenters. The van der Waals surface area contributed by atoms with Crippen LogP contribution in [0, 0.1) is 0 Å². The molecule has 1 aromatic heterocycles. The van der Waals surface area contributed by atoms with E-state index >= 15 is 0 Å². The summed E-state index contributed by atoms with van der Waals surface area (Å²) in [5.41, 5.74) is 1.55. The molecular formula is C21H24N4O2. The van der Waals surface area contributed by atoms with Crippen LogP contribution in [0.5, 0.6) is 0 Å². The number of imide groups is 1. The number of urea groups is 1. The van der Waals surface area contributed by atoms with Crippen molar-refractivity contribution in [3.05, 3.63) is 66.0 Å². The molecule has 0 saturated carbocycles. The third-order valence-electron chi connectivity index (χ3n) is 5.76. The van der Waals surface area contributed by atoms with E-state index in [0.717, 1.165) is 25.2 Å². The van der Waals surface area contributed by atoms with Gasteiger partial charge in [0.15, 0.2) is 0 Å². The molecule has 1 spiro atoms. The Bertz CT molecular complexity index is 817. The lowest BCUT2D eigenvalue weighted by molar-refractivity contribution is -0.135. The second-order valence-corrected chi connectivity index (χ2v) is 7.38. The topological polar surface area (TPSA) is 56.8 Å². The Balaban J connectivity index is 1.51. The first-order chi connectivity index (χ1) is 13.1. The largest absolute Gasteiger partial charge is 0.327 e. The van der Waals surface area contributed by atoms with Gasteiger partial charge in [-0.15, -0.1) is 0 Å². The van der Waals surface area contributed by atoms with Crippen molar-refractivity contribution in [1.29, 1.82) is 0 Å². The van der Waals surface area contributed by atoms with Crippen molar-refractivity contribution < 1.29 is 9.59 Å². The van der Waals surface area contributed by atoms with Gasteiger partial charge in [0.2, 0.25) is 0 Å². The highest BCUT2D eigenvalue weighted by atomic mass is 16.2. The van der Waals surface area contributed by atoms with E-state index in [-0.39, 0.29) is 11.9 Å². The number of nitrogens with zero attached hydrogens (tertiary/aromatic N) is 4. The van der Waals surface area contributed by atoms with Gasteiger partial charge in [0, 0.05) is 45.6 Å². The molecule has 0 radical (unpaired) electrons. The maximum atomic E-state index is 13.0. The molecule has 2 fully saturated rings. The molecule has 2 aromatic rings. The molecule has 27 heavy (non-hydrogen) atoms. The minimum atomic E-state index is -0.712. The lowest BCUT2D eigenvalue weighted by Gasteiger charge is -2.42. The predicted molar refractivity (Wildman–Crippen MR) is 102 cm³/mol. The lowest BCUT2D eigenvalue weighted by atomic mass is 9.85. The summed E-state index contributed by atoms with van der Waals surface area (Å²) in [5.74, 6) is -0.0630. The summed E-state index contributed by atoms with van der Waals surface area (Å²) in [5, 5.41) is 0. The summed E-state index contributed by atoms with van der Waals surface area (Å²) in [6.07, 6.45) is 4.94.